The number of benzene rings is 1. The molecule has 2 aliphatic heterocycles. The van der Waals surface area contributed by atoms with Gasteiger partial charge in [0.1, 0.15) is 11.9 Å². The molecule has 0 unspecified atom stereocenters. The van der Waals surface area contributed by atoms with Crippen LogP contribution >= 0.6 is 0 Å². The maximum absolute atomic E-state index is 6.56. The molecule has 0 spiro atoms. The highest BCUT2D eigenvalue weighted by Gasteiger charge is 2.29. The van der Waals surface area contributed by atoms with Crippen LogP contribution in [-0.4, -0.2) is 64.1 Å². The summed E-state index contributed by atoms with van der Waals surface area (Å²) < 4.78 is 6.56. The van der Waals surface area contributed by atoms with Gasteiger partial charge in [-0.2, -0.15) is 0 Å². The first-order valence-electron chi connectivity index (χ1n) is 13.6. The number of aromatic amines is 1. The standard InChI is InChI=1S/C30H42N4O/c1-20(2)29-27-19-26(6-7-28(27)32-30(29)23-8-13-31-22(5)18-23)35-25-11-16-34(17-12-25)24-9-14-33(15-10-24)21(3)4/h6-8,13,18-21,24-25,32H,9-12,14-17H2,1-5H3. The van der Waals surface area contributed by atoms with E-state index in [1.807, 2.05) is 13.1 Å². The molecule has 0 saturated carbocycles. The lowest BCUT2D eigenvalue weighted by atomic mass is 9.96. The molecule has 2 aromatic heterocycles. The number of hydrogen-bond acceptors (Lipinski definition) is 4. The predicted molar refractivity (Wildman–Crippen MR) is 145 cm³/mol. The van der Waals surface area contributed by atoms with E-state index < -0.39 is 0 Å². The van der Waals surface area contributed by atoms with E-state index in [0.717, 1.165) is 43.4 Å². The van der Waals surface area contributed by atoms with Gasteiger partial charge in [-0.25, -0.2) is 0 Å². The molecule has 2 aliphatic rings. The Morgan fingerprint density at radius 2 is 1.69 bits per heavy atom. The SMILES string of the molecule is Cc1cc(-c2[nH]c3ccc(OC4CCN(C5CCN(C(C)C)CC5)CC4)cc3c2C(C)C)ccn1. The van der Waals surface area contributed by atoms with Crippen LogP contribution in [0.3, 0.4) is 0 Å². The zero-order valence-corrected chi connectivity index (χ0v) is 22.2. The fraction of sp³-hybridized carbons (Fsp3) is 0.567. The number of rotatable bonds is 6. The lowest BCUT2D eigenvalue weighted by molar-refractivity contribution is 0.0429. The van der Waals surface area contributed by atoms with Gasteiger partial charge in [0.25, 0.3) is 0 Å². The van der Waals surface area contributed by atoms with Gasteiger partial charge in [0, 0.05) is 53.5 Å². The van der Waals surface area contributed by atoms with Crippen LogP contribution in [0.2, 0.25) is 0 Å². The zero-order chi connectivity index (χ0) is 24.5. The average Bonchev–Trinajstić information content (AvgIpc) is 3.24. The molecule has 5 nitrogen and oxygen atoms in total. The van der Waals surface area contributed by atoms with Gasteiger partial charge in [-0.05, 0) is 101 Å². The third kappa shape index (κ3) is 5.26. The number of hydrogen-bond donors (Lipinski definition) is 1. The van der Waals surface area contributed by atoms with E-state index in [9.17, 15) is 0 Å². The summed E-state index contributed by atoms with van der Waals surface area (Å²) in [5.74, 6) is 1.41. The normalized spacial score (nSPS) is 19.3. The van der Waals surface area contributed by atoms with E-state index in [2.05, 4.69) is 77.8 Å². The molecule has 0 atom stereocenters. The quantitative estimate of drug-likeness (QED) is 0.450. The topological polar surface area (TPSA) is 44.4 Å². The van der Waals surface area contributed by atoms with Crippen molar-refractivity contribution >= 4 is 10.9 Å². The molecule has 0 radical (unpaired) electrons. The number of aromatic nitrogens is 2. The van der Waals surface area contributed by atoms with E-state index in [0.29, 0.717) is 18.1 Å². The Hall–Kier alpha value is -2.37. The molecule has 35 heavy (non-hydrogen) atoms. The second-order valence-corrected chi connectivity index (χ2v) is 11.2. The highest BCUT2D eigenvalue weighted by molar-refractivity contribution is 5.92. The molecule has 0 bridgehead atoms. The van der Waals surface area contributed by atoms with Crippen molar-refractivity contribution in [2.75, 3.05) is 26.2 Å². The minimum absolute atomic E-state index is 0.309. The summed E-state index contributed by atoms with van der Waals surface area (Å²) in [5.41, 5.74) is 5.98. The van der Waals surface area contributed by atoms with Crippen molar-refractivity contribution < 1.29 is 4.74 Å². The van der Waals surface area contributed by atoms with Crippen molar-refractivity contribution in [3.05, 3.63) is 47.8 Å². The third-order valence-corrected chi connectivity index (χ3v) is 8.10. The van der Waals surface area contributed by atoms with Crippen LogP contribution in [0.25, 0.3) is 22.2 Å². The highest BCUT2D eigenvalue weighted by atomic mass is 16.5. The minimum Gasteiger partial charge on any atom is -0.490 e. The summed E-state index contributed by atoms with van der Waals surface area (Å²) in [6.45, 7) is 16.0. The van der Waals surface area contributed by atoms with Crippen molar-refractivity contribution in [2.24, 2.45) is 0 Å². The second kappa shape index (κ2) is 10.3. The van der Waals surface area contributed by atoms with E-state index in [-0.39, 0.29) is 0 Å². The van der Waals surface area contributed by atoms with Crippen LogP contribution in [0.1, 0.15) is 70.6 Å². The number of nitrogens with one attached hydrogen (secondary N) is 1. The molecule has 0 aliphatic carbocycles. The number of ether oxygens (including phenoxy) is 1. The second-order valence-electron chi connectivity index (χ2n) is 11.2. The van der Waals surface area contributed by atoms with Crippen molar-refractivity contribution in [1.82, 2.24) is 19.8 Å². The smallest absolute Gasteiger partial charge is 0.120 e. The van der Waals surface area contributed by atoms with Crippen LogP contribution in [-0.2, 0) is 0 Å². The molecule has 5 rings (SSSR count). The molecule has 188 valence electrons. The third-order valence-electron chi connectivity index (χ3n) is 8.10. The van der Waals surface area contributed by atoms with Gasteiger partial charge >= 0.3 is 0 Å². The molecule has 0 amide bonds. The Morgan fingerprint density at radius 3 is 2.34 bits per heavy atom. The Kier molecular flexibility index (Phi) is 7.17. The van der Waals surface area contributed by atoms with Crippen LogP contribution in [0.4, 0.5) is 0 Å². The molecule has 2 saturated heterocycles. The highest BCUT2D eigenvalue weighted by Crippen LogP contribution is 2.37. The summed E-state index contributed by atoms with van der Waals surface area (Å²) in [6, 6.07) is 12.3. The first kappa shape index (κ1) is 24.3. The number of nitrogens with zero attached hydrogens (tertiary/aromatic N) is 3. The van der Waals surface area contributed by atoms with Gasteiger partial charge in [0.15, 0.2) is 0 Å². The predicted octanol–water partition coefficient (Wildman–Crippen LogP) is 6.38. The van der Waals surface area contributed by atoms with E-state index in [1.165, 1.54) is 53.7 Å². The van der Waals surface area contributed by atoms with Crippen molar-refractivity contribution in [1.29, 1.82) is 0 Å². The number of likely N-dealkylation sites (tertiary alicyclic amines) is 2. The van der Waals surface area contributed by atoms with Gasteiger partial charge in [-0.1, -0.05) is 13.8 Å². The molecule has 4 heterocycles. The lowest BCUT2D eigenvalue weighted by Gasteiger charge is -2.42. The molecular formula is C30H42N4O. The monoisotopic (exact) mass is 474 g/mol. The van der Waals surface area contributed by atoms with E-state index in [4.69, 9.17) is 4.74 Å². The van der Waals surface area contributed by atoms with Gasteiger partial charge < -0.3 is 19.5 Å². The first-order valence-corrected chi connectivity index (χ1v) is 13.6. The molecule has 5 heteroatoms. The van der Waals surface area contributed by atoms with Crippen LogP contribution in [0, 0.1) is 6.92 Å². The van der Waals surface area contributed by atoms with Crippen molar-refractivity contribution in [3.8, 4) is 17.0 Å². The van der Waals surface area contributed by atoms with Crippen LogP contribution in [0.15, 0.2) is 36.5 Å². The molecule has 1 N–H and O–H groups in total. The number of pyridine rings is 1. The van der Waals surface area contributed by atoms with Gasteiger partial charge in [-0.3, -0.25) is 4.98 Å². The fourth-order valence-corrected chi connectivity index (χ4v) is 6.11. The molecule has 1 aromatic carbocycles. The summed E-state index contributed by atoms with van der Waals surface area (Å²) in [5, 5.41) is 1.27. The molecular weight excluding hydrogens is 432 g/mol. The summed E-state index contributed by atoms with van der Waals surface area (Å²) >= 11 is 0. The Bertz CT molecular complexity index is 1130. The van der Waals surface area contributed by atoms with Gasteiger partial charge in [-0.15, -0.1) is 0 Å². The van der Waals surface area contributed by atoms with Gasteiger partial charge in [0.2, 0.25) is 0 Å². The molecule has 3 aromatic rings. The fourth-order valence-electron chi connectivity index (χ4n) is 6.11. The number of fused-ring (bicyclic) bond motifs is 1. The van der Waals surface area contributed by atoms with Crippen molar-refractivity contribution in [3.63, 3.8) is 0 Å². The van der Waals surface area contributed by atoms with Gasteiger partial charge in [0.05, 0.1) is 5.69 Å². The molecule has 2 fully saturated rings. The average molecular weight is 475 g/mol. The van der Waals surface area contributed by atoms with E-state index in [1.54, 1.807) is 0 Å². The Balaban J connectivity index is 1.26. The maximum Gasteiger partial charge on any atom is 0.120 e. The number of H-pyrrole nitrogens is 1. The Labute approximate surface area is 210 Å². The number of piperidine rings is 2. The van der Waals surface area contributed by atoms with Crippen LogP contribution < -0.4 is 4.74 Å². The maximum atomic E-state index is 6.56. The summed E-state index contributed by atoms with van der Waals surface area (Å²) in [6.07, 6.45) is 7.07. The largest absolute Gasteiger partial charge is 0.490 e. The zero-order valence-electron chi connectivity index (χ0n) is 22.2. The summed E-state index contributed by atoms with van der Waals surface area (Å²) in [4.78, 5) is 13.4. The minimum atomic E-state index is 0.309. The lowest BCUT2D eigenvalue weighted by Crippen LogP contribution is -2.50. The summed E-state index contributed by atoms with van der Waals surface area (Å²) in [7, 11) is 0. The van der Waals surface area contributed by atoms with Crippen molar-refractivity contribution in [2.45, 2.75) is 84.4 Å². The Morgan fingerprint density at radius 1 is 0.943 bits per heavy atom. The van der Waals surface area contributed by atoms with Crippen LogP contribution in [0.5, 0.6) is 5.75 Å². The number of aryl methyl sites for hydroxylation is 1. The first-order chi connectivity index (χ1) is 16.9. The van der Waals surface area contributed by atoms with E-state index >= 15 is 0 Å².